The van der Waals surface area contributed by atoms with E-state index < -0.39 is 0 Å². The van der Waals surface area contributed by atoms with Crippen LogP contribution in [0.4, 0.5) is 5.69 Å². The van der Waals surface area contributed by atoms with E-state index in [-0.39, 0.29) is 29.7 Å². The minimum absolute atomic E-state index is 0.0315. The number of benzene rings is 2. The molecule has 36 heavy (non-hydrogen) atoms. The van der Waals surface area contributed by atoms with Crippen LogP contribution in [-0.2, 0) is 9.53 Å². The van der Waals surface area contributed by atoms with E-state index in [1.807, 2.05) is 19.9 Å². The fraction of sp³-hybridized carbons (Fsp3) is 0.533. The molecule has 4 rings (SSSR count). The summed E-state index contributed by atoms with van der Waals surface area (Å²) in [6.45, 7) is 13.2. The Labute approximate surface area is 215 Å². The lowest BCUT2D eigenvalue weighted by Crippen LogP contribution is -2.50. The van der Waals surface area contributed by atoms with Crippen LogP contribution in [0, 0.1) is 25.7 Å². The smallest absolute Gasteiger partial charge is 0.251 e. The molecule has 0 saturated carbocycles. The van der Waals surface area contributed by atoms with Crippen molar-refractivity contribution in [2.24, 2.45) is 11.8 Å². The summed E-state index contributed by atoms with van der Waals surface area (Å²) in [7, 11) is 0. The Morgan fingerprint density at radius 2 is 1.78 bits per heavy atom. The van der Waals surface area contributed by atoms with Crippen molar-refractivity contribution in [2.45, 2.75) is 66.0 Å². The topological polar surface area (TPSA) is 70.7 Å². The van der Waals surface area contributed by atoms with Crippen LogP contribution in [0.5, 0.6) is 0 Å². The molecule has 3 atom stereocenters. The molecule has 0 bridgehead atoms. The second-order valence-electron chi connectivity index (χ2n) is 10.6. The van der Waals surface area contributed by atoms with Crippen molar-refractivity contribution in [3.63, 3.8) is 0 Å². The lowest BCUT2D eigenvalue weighted by molar-refractivity contribution is -0.129. The first-order valence-corrected chi connectivity index (χ1v) is 13.4. The number of amides is 2. The fourth-order valence-electron chi connectivity index (χ4n) is 5.75. The Morgan fingerprint density at radius 1 is 1.08 bits per heavy atom. The van der Waals surface area contributed by atoms with Crippen LogP contribution >= 0.6 is 0 Å². The fourth-order valence-corrected chi connectivity index (χ4v) is 5.75. The summed E-state index contributed by atoms with van der Waals surface area (Å²) in [5, 5.41) is 6.13. The van der Waals surface area contributed by atoms with Gasteiger partial charge >= 0.3 is 0 Å². The van der Waals surface area contributed by atoms with Gasteiger partial charge in [0.15, 0.2) is 0 Å². The van der Waals surface area contributed by atoms with Gasteiger partial charge in [0.25, 0.3) is 5.91 Å². The summed E-state index contributed by atoms with van der Waals surface area (Å²) in [6, 6.07) is 13.2. The van der Waals surface area contributed by atoms with Crippen molar-refractivity contribution in [1.82, 2.24) is 10.6 Å². The highest BCUT2D eigenvalue weighted by Crippen LogP contribution is 2.34. The summed E-state index contributed by atoms with van der Waals surface area (Å²) in [4.78, 5) is 28.6. The van der Waals surface area contributed by atoms with Crippen LogP contribution in [0.2, 0.25) is 0 Å². The van der Waals surface area contributed by atoms with E-state index >= 15 is 0 Å². The Hall–Kier alpha value is -2.86. The van der Waals surface area contributed by atoms with Crippen molar-refractivity contribution in [3.8, 4) is 11.1 Å². The van der Waals surface area contributed by atoms with Crippen molar-refractivity contribution in [1.29, 1.82) is 0 Å². The Morgan fingerprint density at radius 3 is 2.42 bits per heavy atom. The number of nitrogens with one attached hydrogen (secondary N) is 2. The maximum atomic E-state index is 13.6. The number of anilines is 1. The monoisotopic (exact) mass is 491 g/mol. The van der Waals surface area contributed by atoms with Gasteiger partial charge in [0.2, 0.25) is 5.91 Å². The quantitative estimate of drug-likeness (QED) is 0.580. The van der Waals surface area contributed by atoms with Crippen LogP contribution in [0.1, 0.15) is 61.5 Å². The number of hydrogen-bond acceptors (Lipinski definition) is 4. The van der Waals surface area contributed by atoms with E-state index in [1.165, 1.54) is 5.56 Å². The standard InChI is InChI=1S/C30H41N3O3/c1-6-33(25-11-13-36-14-12-25)28-17-24(23-9-7-19(2)8-10-23)16-26(22(28)5)29(34)31-18-27-20(3)15-21(4)32-30(27)35/h7-10,16-17,20-21,25,27H,6,11-15,18H2,1-5H3,(H,31,34)(H,32,35). The van der Waals surface area contributed by atoms with Crippen LogP contribution in [0.15, 0.2) is 36.4 Å². The summed E-state index contributed by atoms with van der Waals surface area (Å²) in [5.74, 6) is -0.0679. The molecule has 2 aliphatic heterocycles. The van der Waals surface area contributed by atoms with E-state index in [0.29, 0.717) is 18.2 Å². The molecule has 6 heteroatoms. The van der Waals surface area contributed by atoms with Crippen molar-refractivity contribution in [2.75, 3.05) is 31.2 Å². The van der Waals surface area contributed by atoms with Crippen molar-refractivity contribution < 1.29 is 14.3 Å². The molecular formula is C30H41N3O3. The van der Waals surface area contributed by atoms with Gasteiger partial charge in [-0.25, -0.2) is 0 Å². The molecule has 2 aliphatic rings. The maximum Gasteiger partial charge on any atom is 0.251 e. The molecule has 3 unspecified atom stereocenters. The normalized spacial score (nSPS) is 22.7. The molecule has 2 heterocycles. The molecule has 0 aromatic heterocycles. The molecule has 194 valence electrons. The van der Waals surface area contributed by atoms with Gasteiger partial charge in [-0.3, -0.25) is 9.59 Å². The predicted octanol–water partition coefficient (Wildman–Crippen LogP) is 4.87. The van der Waals surface area contributed by atoms with Crippen LogP contribution in [0.3, 0.4) is 0 Å². The molecule has 0 aliphatic carbocycles. The zero-order chi connectivity index (χ0) is 25.8. The van der Waals surface area contributed by atoms with E-state index in [9.17, 15) is 9.59 Å². The minimum atomic E-state index is -0.209. The molecule has 6 nitrogen and oxygen atoms in total. The number of ether oxygens (including phenoxy) is 1. The largest absolute Gasteiger partial charge is 0.381 e. The number of carbonyl (C=O) groups excluding carboxylic acids is 2. The lowest BCUT2D eigenvalue weighted by atomic mass is 9.84. The number of aryl methyl sites for hydroxylation is 1. The highest BCUT2D eigenvalue weighted by molar-refractivity contribution is 5.99. The summed E-state index contributed by atoms with van der Waals surface area (Å²) in [6.07, 6.45) is 2.89. The Kier molecular flexibility index (Phi) is 8.35. The van der Waals surface area contributed by atoms with Gasteiger partial charge < -0.3 is 20.3 Å². The van der Waals surface area contributed by atoms with E-state index in [0.717, 1.165) is 61.4 Å². The summed E-state index contributed by atoms with van der Waals surface area (Å²) in [5.41, 5.74) is 6.08. The second-order valence-corrected chi connectivity index (χ2v) is 10.6. The molecule has 0 radical (unpaired) electrons. The van der Waals surface area contributed by atoms with Gasteiger partial charge in [0.1, 0.15) is 0 Å². The lowest BCUT2D eigenvalue weighted by Gasteiger charge is -2.37. The van der Waals surface area contributed by atoms with E-state index in [4.69, 9.17) is 4.74 Å². The summed E-state index contributed by atoms with van der Waals surface area (Å²) < 4.78 is 5.62. The highest BCUT2D eigenvalue weighted by Gasteiger charge is 2.32. The van der Waals surface area contributed by atoms with Gasteiger partial charge in [-0.2, -0.15) is 0 Å². The second kappa shape index (κ2) is 11.5. The summed E-state index contributed by atoms with van der Waals surface area (Å²) >= 11 is 0. The number of hydrogen-bond donors (Lipinski definition) is 2. The molecule has 2 aromatic rings. The van der Waals surface area contributed by atoms with E-state index in [2.05, 4.69) is 66.6 Å². The molecule has 2 fully saturated rings. The van der Waals surface area contributed by atoms with Crippen LogP contribution < -0.4 is 15.5 Å². The highest BCUT2D eigenvalue weighted by atomic mass is 16.5. The maximum absolute atomic E-state index is 13.6. The first-order valence-electron chi connectivity index (χ1n) is 13.4. The van der Waals surface area contributed by atoms with Crippen LogP contribution in [0.25, 0.3) is 11.1 Å². The average molecular weight is 492 g/mol. The Bertz CT molecular complexity index is 1080. The molecule has 2 N–H and O–H groups in total. The van der Waals surface area contributed by atoms with E-state index in [1.54, 1.807) is 0 Å². The molecule has 0 spiro atoms. The molecular weight excluding hydrogens is 450 g/mol. The van der Waals surface area contributed by atoms with Gasteiger partial charge in [-0.05, 0) is 81.7 Å². The predicted molar refractivity (Wildman–Crippen MR) is 145 cm³/mol. The number of carbonyl (C=O) groups is 2. The average Bonchev–Trinajstić information content (AvgIpc) is 2.86. The van der Waals surface area contributed by atoms with Gasteiger partial charge in [0.05, 0.1) is 5.92 Å². The molecule has 2 saturated heterocycles. The van der Waals surface area contributed by atoms with Gasteiger partial charge in [0, 0.05) is 49.6 Å². The van der Waals surface area contributed by atoms with Gasteiger partial charge in [-0.1, -0.05) is 36.8 Å². The zero-order valence-electron chi connectivity index (χ0n) is 22.4. The van der Waals surface area contributed by atoms with Crippen LogP contribution in [-0.4, -0.2) is 50.2 Å². The van der Waals surface area contributed by atoms with Crippen molar-refractivity contribution in [3.05, 3.63) is 53.1 Å². The Balaban J connectivity index is 1.67. The molecule has 2 aromatic carbocycles. The first kappa shape index (κ1) is 26.2. The van der Waals surface area contributed by atoms with Gasteiger partial charge in [-0.15, -0.1) is 0 Å². The minimum Gasteiger partial charge on any atom is -0.381 e. The number of piperidine rings is 1. The van der Waals surface area contributed by atoms with Crippen molar-refractivity contribution >= 4 is 17.5 Å². The number of rotatable bonds is 7. The third-order valence-corrected chi connectivity index (χ3v) is 7.91. The third-order valence-electron chi connectivity index (χ3n) is 7.91. The zero-order valence-corrected chi connectivity index (χ0v) is 22.4. The first-order chi connectivity index (χ1) is 17.3. The third kappa shape index (κ3) is 5.75. The molecule has 2 amide bonds. The SMILES string of the molecule is CCN(c1cc(-c2ccc(C)cc2)cc(C(=O)NCC2C(=O)NC(C)CC2C)c1C)C1CCOCC1. The number of nitrogens with zero attached hydrogens (tertiary/aromatic N) is 1.